The highest BCUT2D eigenvalue weighted by Gasteiger charge is 2.02. The van der Waals surface area contributed by atoms with Crippen LogP contribution in [-0.2, 0) is 11.3 Å². The summed E-state index contributed by atoms with van der Waals surface area (Å²) in [4.78, 5) is 15.7. The monoisotopic (exact) mass is 266 g/mol. The third kappa shape index (κ3) is 4.10. The van der Waals surface area contributed by atoms with Crippen LogP contribution in [0.15, 0.2) is 48.7 Å². The maximum Gasteiger partial charge on any atom is 0.239 e. The number of amides is 1. The molecular weight excluding hydrogens is 252 g/mol. The van der Waals surface area contributed by atoms with Crippen LogP contribution in [0.2, 0.25) is 0 Å². The molecule has 2 N–H and O–H groups in total. The van der Waals surface area contributed by atoms with E-state index in [0.29, 0.717) is 17.9 Å². The molecule has 5 nitrogen and oxygen atoms in total. The van der Waals surface area contributed by atoms with Crippen molar-refractivity contribution in [1.82, 2.24) is 10.3 Å². The molecule has 0 aliphatic heterocycles. The van der Waals surface area contributed by atoms with Gasteiger partial charge in [-0.1, -0.05) is 30.3 Å². The number of nitrogens with one attached hydrogen (secondary N) is 2. The highest BCUT2D eigenvalue weighted by Crippen LogP contribution is 2.03. The number of hydrogen-bond acceptors (Lipinski definition) is 4. The number of hydrogen-bond donors (Lipinski definition) is 2. The lowest BCUT2D eigenvalue weighted by Crippen LogP contribution is -2.29. The maximum atomic E-state index is 11.7. The van der Waals surface area contributed by atoms with Crippen LogP contribution in [0.1, 0.15) is 11.1 Å². The number of rotatable bonds is 5. The molecule has 0 radical (unpaired) electrons. The number of nitriles is 1. The minimum absolute atomic E-state index is 0.111. The average molecular weight is 266 g/mol. The second kappa shape index (κ2) is 6.90. The molecule has 20 heavy (non-hydrogen) atoms. The van der Waals surface area contributed by atoms with Crippen molar-refractivity contribution in [1.29, 1.82) is 5.26 Å². The Kier molecular flexibility index (Phi) is 4.68. The van der Waals surface area contributed by atoms with Gasteiger partial charge in [-0.05, 0) is 17.7 Å². The predicted molar refractivity (Wildman–Crippen MR) is 75.7 cm³/mol. The van der Waals surface area contributed by atoms with E-state index >= 15 is 0 Å². The number of pyridine rings is 1. The molecule has 0 saturated heterocycles. The molecule has 0 saturated carbocycles. The first-order chi connectivity index (χ1) is 9.78. The molecule has 5 heteroatoms. The summed E-state index contributed by atoms with van der Waals surface area (Å²) in [6.07, 6.45) is 1.46. The Labute approximate surface area is 117 Å². The number of carbonyl (C=O) groups is 1. The van der Waals surface area contributed by atoms with Crippen molar-refractivity contribution in [3.63, 3.8) is 0 Å². The normalized spacial score (nSPS) is 9.55. The minimum atomic E-state index is -0.111. The SMILES string of the molecule is N#Cc1ccc(NCC(=O)NCc2ccccc2)nc1. The van der Waals surface area contributed by atoms with Crippen LogP contribution in [-0.4, -0.2) is 17.4 Å². The van der Waals surface area contributed by atoms with Crippen molar-refractivity contribution < 1.29 is 4.79 Å². The van der Waals surface area contributed by atoms with Crippen molar-refractivity contribution in [3.05, 3.63) is 59.8 Å². The molecular formula is C15H14N4O. The minimum Gasteiger partial charge on any atom is -0.361 e. The van der Waals surface area contributed by atoms with Gasteiger partial charge in [0.25, 0.3) is 0 Å². The Morgan fingerprint density at radius 1 is 1.20 bits per heavy atom. The zero-order valence-corrected chi connectivity index (χ0v) is 10.8. The zero-order valence-electron chi connectivity index (χ0n) is 10.8. The van der Waals surface area contributed by atoms with Gasteiger partial charge < -0.3 is 10.6 Å². The summed E-state index contributed by atoms with van der Waals surface area (Å²) >= 11 is 0. The quantitative estimate of drug-likeness (QED) is 0.863. The van der Waals surface area contributed by atoms with Gasteiger partial charge >= 0.3 is 0 Å². The van der Waals surface area contributed by atoms with Gasteiger partial charge in [-0.25, -0.2) is 4.98 Å². The van der Waals surface area contributed by atoms with Gasteiger partial charge in [0.05, 0.1) is 12.1 Å². The van der Waals surface area contributed by atoms with E-state index in [1.54, 1.807) is 12.1 Å². The second-order valence-electron chi connectivity index (χ2n) is 4.16. The number of nitrogens with zero attached hydrogens (tertiary/aromatic N) is 2. The highest BCUT2D eigenvalue weighted by atomic mass is 16.1. The number of aromatic nitrogens is 1. The Balaban J connectivity index is 1.76. The zero-order chi connectivity index (χ0) is 14.2. The van der Waals surface area contributed by atoms with E-state index in [0.717, 1.165) is 5.56 Å². The summed E-state index contributed by atoms with van der Waals surface area (Å²) < 4.78 is 0. The third-order valence-corrected chi connectivity index (χ3v) is 2.66. The van der Waals surface area contributed by atoms with Gasteiger partial charge in [0.1, 0.15) is 11.9 Å². The van der Waals surface area contributed by atoms with Crippen LogP contribution in [0.3, 0.4) is 0 Å². The summed E-state index contributed by atoms with van der Waals surface area (Å²) in [7, 11) is 0. The fourth-order valence-electron chi connectivity index (χ4n) is 1.59. The summed E-state index contributed by atoms with van der Waals surface area (Å²) in [5.74, 6) is 0.457. The smallest absolute Gasteiger partial charge is 0.239 e. The highest BCUT2D eigenvalue weighted by molar-refractivity contribution is 5.80. The van der Waals surface area contributed by atoms with E-state index in [1.165, 1.54) is 6.20 Å². The van der Waals surface area contributed by atoms with Crippen molar-refractivity contribution >= 4 is 11.7 Å². The Hall–Kier alpha value is -2.87. The van der Waals surface area contributed by atoms with Crippen LogP contribution in [0.25, 0.3) is 0 Å². The lowest BCUT2D eigenvalue weighted by Gasteiger charge is -2.07. The van der Waals surface area contributed by atoms with Crippen molar-refractivity contribution in [3.8, 4) is 6.07 Å². The van der Waals surface area contributed by atoms with Crippen molar-refractivity contribution in [2.24, 2.45) is 0 Å². The first kappa shape index (κ1) is 13.6. The summed E-state index contributed by atoms with van der Waals surface area (Å²) in [5, 5.41) is 14.4. The number of carbonyl (C=O) groups excluding carboxylic acids is 1. The first-order valence-electron chi connectivity index (χ1n) is 6.18. The third-order valence-electron chi connectivity index (χ3n) is 2.66. The molecule has 100 valence electrons. The molecule has 1 aromatic heterocycles. The molecule has 2 rings (SSSR count). The Morgan fingerprint density at radius 2 is 2.00 bits per heavy atom. The largest absolute Gasteiger partial charge is 0.361 e. The molecule has 0 aliphatic rings. The molecule has 2 aromatic rings. The molecule has 0 bridgehead atoms. The predicted octanol–water partition coefficient (Wildman–Crippen LogP) is 1.68. The van der Waals surface area contributed by atoms with Gasteiger partial charge in [-0.3, -0.25) is 4.79 Å². The number of benzene rings is 1. The molecule has 0 spiro atoms. The van der Waals surface area contributed by atoms with Gasteiger partial charge in [0.15, 0.2) is 0 Å². The van der Waals surface area contributed by atoms with Crippen LogP contribution in [0.5, 0.6) is 0 Å². The molecule has 1 heterocycles. The Bertz CT molecular complexity index is 602. The first-order valence-corrected chi connectivity index (χ1v) is 6.18. The van der Waals surface area contributed by atoms with Crippen LogP contribution < -0.4 is 10.6 Å². The maximum absolute atomic E-state index is 11.7. The second-order valence-corrected chi connectivity index (χ2v) is 4.16. The molecule has 0 aliphatic carbocycles. The van der Waals surface area contributed by atoms with Gasteiger partial charge in [-0.2, -0.15) is 5.26 Å². The van der Waals surface area contributed by atoms with Crippen LogP contribution in [0.4, 0.5) is 5.82 Å². The Morgan fingerprint density at radius 3 is 2.65 bits per heavy atom. The van der Waals surface area contributed by atoms with E-state index in [9.17, 15) is 4.79 Å². The molecule has 1 aromatic carbocycles. The molecule has 0 fully saturated rings. The molecule has 0 atom stereocenters. The lowest BCUT2D eigenvalue weighted by molar-refractivity contribution is -0.119. The summed E-state index contributed by atoms with van der Waals surface area (Å²) in [6.45, 7) is 0.647. The van der Waals surface area contributed by atoms with Crippen molar-refractivity contribution in [2.75, 3.05) is 11.9 Å². The summed E-state index contributed by atoms with van der Waals surface area (Å²) in [6, 6.07) is 15.0. The van der Waals surface area contributed by atoms with Gasteiger partial charge in [0.2, 0.25) is 5.91 Å². The molecule has 1 amide bonds. The van der Waals surface area contributed by atoms with Crippen LogP contribution in [0, 0.1) is 11.3 Å². The standard InChI is InChI=1S/C15H14N4O/c16-8-13-6-7-14(17-10-13)18-11-15(20)19-9-12-4-2-1-3-5-12/h1-7,10H,9,11H2,(H,17,18)(H,19,20). The van der Waals surface area contributed by atoms with E-state index in [4.69, 9.17) is 5.26 Å². The van der Waals surface area contributed by atoms with E-state index in [-0.39, 0.29) is 12.5 Å². The van der Waals surface area contributed by atoms with E-state index in [2.05, 4.69) is 15.6 Å². The lowest BCUT2D eigenvalue weighted by atomic mass is 10.2. The number of anilines is 1. The van der Waals surface area contributed by atoms with E-state index < -0.39 is 0 Å². The van der Waals surface area contributed by atoms with Crippen LogP contribution >= 0.6 is 0 Å². The van der Waals surface area contributed by atoms with E-state index in [1.807, 2.05) is 36.4 Å². The van der Waals surface area contributed by atoms with Crippen molar-refractivity contribution in [2.45, 2.75) is 6.54 Å². The fraction of sp³-hybridized carbons (Fsp3) is 0.133. The van der Waals surface area contributed by atoms with Gasteiger partial charge in [-0.15, -0.1) is 0 Å². The summed E-state index contributed by atoms with van der Waals surface area (Å²) in [5.41, 5.74) is 1.54. The van der Waals surface area contributed by atoms with Gasteiger partial charge in [0, 0.05) is 12.7 Å². The fourth-order valence-corrected chi connectivity index (χ4v) is 1.59. The topological polar surface area (TPSA) is 77.8 Å². The molecule has 0 unspecified atom stereocenters. The average Bonchev–Trinajstić information content (AvgIpc) is 2.52.